The third-order valence-electron chi connectivity index (χ3n) is 5.81. The van der Waals surface area contributed by atoms with Crippen LogP contribution in [0.5, 0.6) is 0 Å². The van der Waals surface area contributed by atoms with Crippen molar-refractivity contribution in [1.29, 1.82) is 0 Å². The quantitative estimate of drug-likeness (QED) is 0.503. The lowest BCUT2D eigenvalue weighted by Gasteiger charge is -2.21. The van der Waals surface area contributed by atoms with E-state index >= 15 is 0 Å². The van der Waals surface area contributed by atoms with Crippen molar-refractivity contribution < 1.29 is 38.2 Å². The summed E-state index contributed by atoms with van der Waals surface area (Å²) < 4.78 is 15.7. The van der Waals surface area contributed by atoms with Gasteiger partial charge in [-0.05, 0) is 45.7 Å². The van der Waals surface area contributed by atoms with Gasteiger partial charge >= 0.3 is 18.0 Å². The molecule has 0 saturated heterocycles. The SMILES string of the molecule is COC(=O)c1cc2c([nH]1)CC(C)C2=O.COC(=O)c1cc2c(n1C(=O)OC(C)(C)C)CC(C)C2=O. The summed E-state index contributed by atoms with van der Waals surface area (Å²) in [6, 6.07) is 2.99. The number of methoxy groups -OCH3 is 2. The number of H-pyrrole nitrogens is 1. The topological polar surface area (TPSA) is 134 Å². The number of rotatable bonds is 2. The van der Waals surface area contributed by atoms with E-state index in [1.165, 1.54) is 20.3 Å². The second kappa shape index (κ2) is 9.52. The number of aromatic amines is 1. The van der Waals surface area contributed by atoms with E-state index in [9.17, 15) is 24.0 Å². The van der Waals surface area contributed by atoms with Gasteiger partial charge in [-0.2, -0.15) is 0 Å². The van der Waals surface area contributed by atoms with E-state index in [1.54, 1.807) is 33.8 Å². The lowest BCUT2D eigenvalue weighted by atomic mass is 10.1. The van der Waals surface area contributed by atoms with Gasteiger partial charge in [0.15, 0.2) is 11.6 Å². The zero-order chi connectivity index (χ0) is 26.2. The summed E-state index contributed by atoms with van der Waals surface area (Å²) in [5.41, 5.74) is 2.09. The number of ketones is 2. The lowest BCUT2D eigenvalue weighted by molar-refractivity contribution is 0.0479. The molecule has 2 heterocycles. The minimum Gasteiger partial charge on any atom is -0.464 e. The third-order valence-corrected chi connectivity index (χ3v) is 5.81. The Kier molecular flexibility index (Phi) is 7.05. The maximum atomic E-state index is 12.4. The summed E-state index contributed by atoms with van der Waals surface area (Å²) in [6.45, 7) is 8.88. The summed E-state index contributed by atoms with van der Waals surface area (Å²) >= 11 is 0. The molecule has 0 aliphatic heterocycles. The van der Waals surface area contributed by atoms with Crippen LogP contribution in [-0.2, 0) is 27.1 Å². The van der Waals surface area contributed by atoms with Crippen LogP contribution in [0.15, 0.2) is 12.1 Å². The molecule has 0 radical (unpaired) electrons. The van der Waals surface area contributed by atoms with E-state index in [0.29, 0.717) is 35.4 Å². The van der Waals surface area contributed by atoms with Gasteiger partial charge in [0.2, 0.25) is 0 Å². The maximum Gasteiger partial charge on any atom is 0.419 e. The van der Waals surface area contributed by atoms with Crippen molar-refractivity contribution in [2.75, 3.05) is 14.2 Å². The molecule has 188 valence electrons. The fourth-order valence-corrected chi connectivity index (χ4v) is 4.15. The predicted molar refractivity (Wildman–Crippen MR) is 124 cm³/mol. The van der Waals surface area contributed by atoms with Gasteiger partial charge in [-0.3, -0.25) is 9.59 Å². The van der Waals surface area contributed by atoms with Crippen LogP contribution < -0.4 is 0 Å². The van der Waals surface area contributed by atoms with Crippen molar-refractivity contribution in [2.24, 2.45) is 11.8 Å². The van der Waals surface area contributed by atoms with Gasteiger partial charge in [0.05, 0.1) is 14.2 Å². The average Bonchev–Trinajstić information content (AvgIpc) is 3.49. The Hall–Kier alpha value is -3.69. The maximum absolute atomic E-state index is 12.4. The molecule has 0 bridgehead atoms. The molecule has 10 heteroatoms. The van der Waals surface area contributed by atoms with Gasteiger partial charge in [-0.25, -0.2) is 19.0 Å². The van der Waals surface area contributed by atoms with Crippen molar-refractivity contribution in [3.05, 3.63) is 46.0 Å². The standard InChI is InChI=1S/C15H19NO5.C10H11NO3/c1-8-6-10-9(12(8)17)7-11(13(18)20-5)16(10)14(19)21-15(2,3)4;1-5-3-7-6(9(5)12)4-8(11-7)10(13)14-2/h7-8H,6H2,1-5H3;4-5,11H,3H2,1-2H3. The Bertz CT molecular complexity index is 1210. The van der Waals surface area contributed by atoms with Crippen LogP contribution in [-0.4, -0.2) is 59.0 Å². The Morgan fingerprint density at radius 1 is 0.914 bits per heavy atom. The summed E-state index contributed by atoms with van der Waals surface area (Å²) in [5.74, 6) is -1.24. The normalized spacial score (nSPS) is 18.4. The first-order chi connectivity index (χ1) is 16.3. The van der Waals surface area contributed by atoms with Crippen LogP contribution >= 0.6 is 0 Å². The molecule has 2 aliphatic rings. The van der Waals surface area contributed by atoms with E-state index in [0.717, 1.165) is 10.3 Å². The number of fused-ring (bicyclic) bond motifs is 2. The number of ether oxygens (including phenoxy) is 3. The van der Waals surface area contributed by atoms with Crippen molar-refractivity contribution in [3.8, 4) is 0 Å². The fourth-order valence-electron chi connectivity index (χ4n) is 4.15. The van der Waals surface area contributed by atoms with Crippen LogP contribution in [0.2, 0.25) is 0 Å². The predicted octanol–water partition coefficient (Wildman–Crippen LogP) is 3.61. The number of hydrogen-bond donors (Lipinski definition) is 1. The molecule has 0 saturated carbocycles. The molecule has 0 amide bonds. The molecule has 2 aromatic rings. The molecule has 2 aromatic heterocycles. The largest absolute Gasteiger partial charge is 0.464 e. The summed E-state index contributed by atoms with van der Waals surface area (Å²) in [5, 5.41) is 0. The molecule has 2 unspecified atom stereocenters. The summed E-state index contributed by atoms with van der Waals surface area (Å²) in [4.78, 5) is 61.9. The van der Waals surface area contributed by atoms with Crippen molar-refractivity contribution in [3.63, 3.8) is 0 Å². The molecule has 1 N–H and O–H groups in total. The molecular formula is C25H30N2O8. The number of nitrogens with one attached hydrogen (secondary N) is 1. The smallest absolute Gasteiger partial charge is 0.419 e. The molecule has 0 fully saturated rings. The second-order valence-corrected chi connectivity index (χ2v) is 9.70. The highest BCUT2D eigenvalue weighted by atomic mass is 16.6. The highest BCUT2D eigenvalue weighted by Crippen LogP contribution is 2.31. The van der Waals surface area contributed by atoms with Gasteiger partial charge in [-0.15, -0.1) is 0 Å². The van der Waals surface area contributed by atoms with Crippen LogP contribution in [0, 0.1) is 11.8 Å². The first-order valence-electron chi connectivity index (χ1n) is 11.2. The number of Topliss-reactive ketones (excluding diaryl/α,β-unsaturated/α-hetero) is 2. The third kappa shape index (κ3) is 5.06. The van der Waals surface area contributed by atoms with E-state index in [2.05, 4.69) is 14.5 Å². The first-order valence-corrected chi connectivity index (χ1v) is 11.2. The fraction of sp³-hybridized carbons (Fsp3) is 0.480. The number of carbonyl (C=O) groups excluding carboxylic acids is 5. The van der Waals surface area contributed by atoms with Gasteiger partial charge in [0.25, 0.3) is 0 Å². The first kappa shape index (κ1) is 25.9. The zero-order valence-electron chi connectivity index (χ0n) is 20.9. The summed E-state index contributed by atoms with van der Waals surface area (Å²) in [7, 11) is 2.54. The van der Waals surface area contributed by atoms with E-state index in [-0.39, 0.29) is 29.1 Å². The molecule has 0 aromatic carbocycles. The highest BCUT2D eigenvalue weighted by Gasteiger charge is 2.37. The summed E-state index contributed by atoms with van der Waals surface area (Å²) in [6.07, 6.45) is 0.418. The second-order valence-electron chi connectivity index (χ2n) is 9.70. The zero-order valence-corrected chi connectivity index (χ0v) is 20.9. The van der Waals surface area contributed by atoms with Gasteiger partial charge < -0.3 is 19.2 Å². The monoisotopic (exact) mass is 486 g/mol. The Labute approximate surface area is 202 Å². The lowest BCUT2D eigenvalue weighted by Crippen LogP contribution is -2.30. The van der Waals surface area contributed by atoms with Crippen LogP contribution in [0.25, 0.3) is 0 Å². The Balaban J connectivity index is 0.000000211. The molecule has 4 rings (SSSR count). The Morgan fingerprint density at radius 3 is 2.03 bits per heavy atom. The Morgan fingerprint density at radius 2 is 1.49 bits per heavy atom. The molecule has 0 spiro atoms. The van der Waals surface area contributed by atoms with E-state index in [4.69, 9.17) is 4.74 Å². The molecule has 2 atom stereocenters. The number of hydrogen-bond acceptors (Lipinski definition) is 8. The van der Waals surface area contributed by atoms with Crippen molar-refractivity contribution >= 4 is 29.6 Å². The van der Waals surface area contributed by atoms with Gasteiger partial charge in [0, 0.05) is 34.4 Å². The molecule has 10 nitrogen and oxygen atoms in total. The average molecular weight is 487 g/mol. The number of nitrogens with zero attached hydrogens (tertiary/aromatic N) is 1. The number of carbonyl (C=O) groups is 5. The molecule has 35 heavy (non-hydrogen) atoms. The van der Waals surface area contributed by atoms with Crippen LogP contribution in [0.4, 0.5) is 4.79 Å². The van der Waals surface area contributed by atoms with E-state index < -0.39 is 23.6 Å². The van der Waals surface area contributed by atoms with Gasteiger partial charge in [0.1, 0.15) is 17.0 Å². The minimum absolute atomic E-state index is 0.0250. The van der Waals surface area contributed by atoms with Gasteiger partial charge in [-0.1, -0.05) is 13.8 Å². The molecule has 2 aliphatic carbocycles. The minimum atomic E-state index is -0.699. The highest BCUT2D eigenvalue weighted by molar-refractivity contribution is 6.06. The number of aromatic nitrogens is 2. The number of esters is 2. The molecular weight excluding hydrogens is 456 g/mol. The van der Waals surface area contributed by atoms with E-state index in [1.807, 2.05) is 6.92 Å². The van der Waals surface area contributed by atoms with Crippen LogP contribution in [0.1, 0.15) is 87.7 Å². The van der Waals surface area contributed by atoms with Crippen molar-refractivity contribution in [1.82, 2.24) is 9.55 Å². The van der Waals surface area contributed by atoms with Crippen molar-refractivity contribution in [2.45, 2.75) is 53.1 Å². The van der Waals surface area contributed by atoms with Crippen LogP contribution in [0.3, 0.4) is 0 Å².